The summed E-state index contributed by atoms with van der Waals surface area (Å²) in [6.07, 6.45) is 5.78. The molecule has 1 rings (SSSR count). The predicted molar refractivity (Wildman–Crippen MR) is 87.0 cm³/mol. The van der Waals surface area contributed by atoms with Gasteiger partial charge in [-0.25, -0.2) is 0 Å². The molecule has 120 valence electrons. The van der Waals surface area contributed by atoms with Crippen molar-refractivity contribution in [2.24, 2.45) is 5.41 Å². The summed E-state index contributed by atoms with van der Waals surface area (Å²) in [5, 5.41) is 13.4. The van der Waals surface area contributed by atoms with Gasteiger partial charge in [0.25, 0.3) is 0 Å². The van der Waals surface area contributed by atoms with Crippen molar-refractivity contribution in [1.29, 1.82) is 0 Å². The molecule has 0 amide bonds. The van der Waals surface area contributed by atoms with E-state index in [0.717, 1.165) is 25.8 Å². The molecule has 2 atom stereocenters. The molecule has 1 aliphatic carbocycles. The maximum atomic E-state index is 9.78. The summed E-state index contributed by atoms with van der Waals surface area (Å²) in [5.41, 5.74) is 0.271. The molecule has 0 heterocycles. The third kappa shape index (κ3) is 5.34. The molecule has 2 N–H and O–H groups in total. The van der Waals surface area contributed by atoms with Gasteiger partial charge < -0.3 is 15.3 Å². The Morgan fingerprint density at radius 3 is 2.30 bits per heavy atom. The summed E-state index contributed by atoms with van der Waals surface area (Å²) in [5.74, 6) is 0. The zero-order chi connectivity index (χ0) is 15.4. The molecule has 1 aliphatic rings. The second-order valence-electron chi connectivity index (χ2n) is 7.84. The highest BCUT2D eigenvalue weighted by Gasteiger charge is 2.34. The SMILES string of the molecule is CCC(CO)(CCCN(C)C(C)C(C)(C)C)NC1CC1. The fourth-order valence-electron chi connectivity index (χ4n) is 2.77. The zero-order valence-electron chi connectivity index (χ0n) is 14.5. The molecule has 0 saturated heterocycles. The van der Waals surface area contributed by atoms with Gasteiger partial charge in [-0.3, -0.25) is 0 Å². The third-order valence-corrected chi connectivity index (χ3v) is 5.15. The Morgan fingerprint density at radius 1 is 1.30 bits per heavy atom. The molecule has 0 aromatic heterocycles. The van der Waals surface area contributed by atoms with E-state index in [0.29, 0.717) is 17.5 Å². The number of hydrogen-bond donors (Lipinski definition) is 2. The minimum atomic E-state index is -0.0486. The van der Waals surface area contributed by atoms with E-state index in [9.17, 15) is 5.11 Å². The van der Waals surface area contributed by atoms with Gasteiger partial charge in [0.15, 0.2) is 0 Å². The maximum Gasteiger partial charge on any atom is 0.0613 e. The van der Waals surface area contributed by atoms with Crippen LogP contribution in [0.3, 0.4) is 0 Å². The molecule has 0 aliphatic heterocycles. The van der Waals surface area contributed by atoms with E-state index >= 15 is 0 Å². The summed E-state index contributed by atoms with van der Waals surface area (Å²) in [6.45, 7) is 12.8. The van der Waals surface area contributed by atoms with E-state index in [4.69, 9.17) is 0 Å². The van der Waals surface area contributed by atoms with Crippen molar-refractivity contribution in [2.75, 3.05) is 20.2 Å². The second kappa shape index (κ2) is 7.24. The number of hydrogen-bond acceptors (Lipinski definition) is 3. The van der Waals surface area contributed by atoms with Gasteiger partial charge in [0.05, 0.1) is 6.61 Å². The molecule has 0 aromatic carbocycles. The van der Waals surface area contributed by atoms with E-state index < -0.39 is 0 Å². The van der Waals surface area contributed by atoms with Crippen molar-refractivity contribution in [2.45, 2.75) is 84.3 Å². The zero-order valence-corrected chi connectivity index (χ0v) is 14.5. The van der Waals surface area contributed by atoms with Gasteiger partial charge in [0, 0.05) is 17.6 Å². The van der Waals surface area contributed by atoms with Crippen molar-refractivity contribution in [3.63, 3.8) is 0 Å². The Bertz CT molecular complexity index is 277. The van der Waals surface area contributed by atoms with Crippen molar-refractivity contribution in [1.82, 2.24) is 10.2 Å². The molecule has 3 heteroatoms. The molecule has 1 saturated carbocycles. The lowest BCUT2D eigenvalue weighted by Crippen LogP contribution is -2.49. The normalized spacial score (nSPS) is 21.0. The van der Waals surface area contributed by atoms with Crippen molar-refractivity contribution >= 4 is 0 Å². The van der Waals surface area contributed by atoms with Crippen LogP contribution in [-0.2, 0) is 0 Å². The molecular formula is C17H36N2O. The lowest BCUT2D eigenvalue weighted by Gasteiger charge is -2.37. The first-order valence-electron chi connectivity index (χ1n) is 8.33. The standard InChI is InChI=1S/C17H36N2O/c1-7-17(13-20,18-15-9-10-15)11-8-12-19(6)14(2)16(3,4)5/h14-15,18,20H,7-13H2,1-6H3. The number of aliphatic hydroxyl groups excluding tert-OH is 1. The molecule has 0 spiro atoms. The highest BCUT2D eigenvalue weighted by Crippen LogP contribution is 2.28. The van der Waals surface area contributed by atoms with Gasteiger partial charge in [-0.05, 0) is 58.0 Å². The molecule has 3 nitrogen and oxygen atoms in total. The first kappa shape index (κ1) is 17.9. The topological polar surface area (TPSA) is 35.5 Å². The Kier molecular flexibility index (Phi) is 6.49. The molecule has 2 unspecified atom stereocenters. The molecule has 0 bridgehead atoms. The number of rotatable bonds is 9. The van der Waals surface area contributed by atoms with Gasteiger partial charge in [-0.1, -0.05) is 27.7 Å². The van der Waals surface area contributed by atoms with Crippen LogP contribution < -0.4 is 5.32 Å². The Labute approximate surface area is 126 Å². The van der Waals surface area contributed by atoms with E-state index in [2.05, 4.69) is 51.9 Å². The number of aliphatic hydroxyl groups is 1. The molecule has 0 aromatic rings. The average molecular weight is 284 g/mol. The van der Waals surface area contributed by atoms with E-state index in [-0.39, 0.29) is 12.1 Å². The van der Waals surface area contributed by atoms with E-state index in [1.807, 2.05) is 0 Å². The first-order valence-corrected chi connectivity index (χ1v) is 8.33. The highest BCUT2D eigenvalue weighted by molar-refractivity contribution is 4.94. The predicted octanol–water partition coefficient (Wildman–Crippen LogP) is 3.03. The second-order valence-corrected chi connectivity index (χ2v) is 7.84. The van der Waals surface area contributed by atoms with Gasteiger partial charge in [0.2, 0.25) is 0 Å². The van der Waals surface area contributed by atoms with Crippen molar-refractivity contribution in [3.05, 3.63) is 0 Å². The number of nitrogens with zero attached hydrogens (tertiary/aromatic N) is 1. The minimum absolute atomic E-state index is 0.0486. The Hall–Kier alpha value is -0.120. The average Bonchev–Trinajstić information content (AvgIpc) is 3.19. The summed E-state index contributed by atoms with van der Waals surface area (Å²) in [7, 11) is 2.22. The van der Waals surface area contributed by atoms with Crippen LogP contribution in [0.15, 0.2) is 0 Å². The Balaban J connectivity index is 2.39. The molecule has 20 heavy (non-hydrogen) atoms. The van der Waals surface area contributed by atoms with Crippen LogP contribution in [0.1, 0.15) is 66.7 Å². The fourth-order valence-corrected chi connectivity index (χ4v) is 2.77. The monoisotopic (exact) mass is 284 g/mol. The van der Waals surface area contributed by atoms with Crippen LogP contribution >= 0.6 is 0 Å². The van der Waals surface area contributed by atoms with E-state index in [1.165, 1.54) is 12.8 Å². The summed E-state index contributed by atoms with van der Waals surface area (Å²) in [6, 6.07) is 1.23. The summed E-state index contributed by atoms with van der Waals surface area (Å²) in [4.78, 5) is 2.45. The van der Waals surface area contributed by atoms with Gasteiger partial charge in [-0.2, -0.15) is 0 Å². The Morgan fingerprint density at radius 2 is 1.90 bits per heavy atom. The first-order chi connectivity index (χ1) is 9.24. The van der Waals surface area contributed by atoms with Crippen LogP contribution in [0.25, 0.3) is 0 Å². The van der Waals surface area contributed by atoms with Crippen molar-refractivity contribution < 1.29 is 5.11 Å². The van der Waals surface area contributed by atoms with Gasteiger partial charge in [0.1, 0.15) is 0 Å². The minimum Gasteiger partial charge on any atom is -0.394 e. The summed E-state index contributed by atoms with van der Waals surface area (Å²) < 4.78 is 0. The summed E-state index contributed by atoms with van der Waals surface area (Å²) >= 11 is 0. The lowest BCUT2D eigenvalue weighted by atomic mass is 9.86. The van der Waals surface area contributed by atoms with Gasteiger partial charge >= 0.3 is 0 Å². The van der Waals surface area contributed by atoms with Gasteiger partial charge in [-0.15, -0.1) is 0 Å². The lowest BCUT2D eigenvalue weighted by molar-refractivity contribution is 0.116. The number of nitrogens with one attached hydrogen (secondary N) is 1. The quantitative estimate of drug-likeness (QED) is 0.683. The largest absolute Gasteiger partial charge is 0.394 e. The fraction of sp³-hybridized carbons (Fsp3) is 1.00. The van der Waals surface area contributed by atoms with E-state index in [1.54, 1.807) is 0 Å². The van der Waals surface area contributed by atoms with Crippen LogP contribution in [0.2, 0.25) is 0 Å². The third-order valence-electron chi connectivity index (χ3n) is 5.15. The van der Waals surface area contributed by atoms with Crippen LogP contribution in [-0.4, -0.2) is 47.8 Å². The maximum absolute atomic E-state index is 9.78. The van der Waals surface area contributed by atoms with Crippen LogP contribution in [0.4, 0.5) is 0 Å². The highest BCUT2D eigenvalue weighted by atomic mass is 16.3. The molecular weight excluding hydrogens is 248 g/mol. The molecule has 0 radical (unpaired) electrons. The van der Waals surface area contributed by atoms with Crippen molar-refractivity contribution in [3.8, 4) is 0 Å². The molecule has 1 fully saturated rings. The van der Waals surface area contributed by atoms with Crippen LogP contribution in [0, 0.1) is 5.41 Å². The van der Waals surface area contributed by atoms with Crippen LogP contribution in [0.5, 0.6) is 0 Å². The smallest absolute Gasteiger partial charge is 0.0613 e.